The van der Waals surface area contributed by atoms with E-state index >= 15 is 0 Å². The number of aromatic nitrogens is 2. The number of hydrogen-bond acceptors (Lipinski definition) is 8. The Morgan fingerprint density at radius 1 is 1.25 bits per heavy atom. The van der Waals surface area contributed by atoms with Gasteiger partial charge in [0.2, 0.25) is 0 Å². The molecule has 0 aromatic carbocycles. The van der Waals surface area contributed by atoms with Crippen molar-refractivity contribution in [1.82, 2.24) is 20.2 Å². The van der Waals surface area contributed by atoms with E-state index in [1.165, 1.54) is 6.42 Å². The van der Waals surface area contributed by atoms with Crippen molar-refractivity contribution in [3.63, 3.8) is 0 Å². The van der Waals surface area contributed by atoms with Crippen molar-refractivity contribution in [2.75, 3.05) is 18.4 Å². The molecule has 1 atom stereocenters. The number of carbonyl (C=O) groups is 2. The quantitative estimate of drug-likeness (QED) is 0.514. The Labute approximate surface area is 215 Å². The second kappa shape index (κ2) is 10.9. The molecular weight excluding hydrogens is 476 g/mol. The van der Waals surface area contributed by atoms with Crippen molar-refractivity contribution in [1.29, 1.82) is 5.26 Å². The largest absolute Gasteiger partial charge is 0.389 e. The molecule has 1 aliphatic carbocycles. The van der Waals surface area contributed by atoms with Crippen LogP contribution in [-0.4, -0.2) is 62.6 Å². The summed E-state index contributed by atoms with van der Waals surface area (Å²) in [5, 5.41) is 26.4. The van der Waals surface area contributed by atoms with Gasteiger partial charge in [-0.3, -0.25) is 9.59 Å². The Hall–Kier alpha value is -3.03. The molecule has 0 bridgehead atoms. The van der Waals surface area contributed by atoms with Gasteiger partial charge in [-0.25, -0.2) is 9.97 Å². The molecule has 4 rings (SSSR count). The fraction of sp³-hybridized carbons (Fsp3) is 0.577. The van der Waals surface area contributed by atoms with E-state index in [2.05, 4.69) is 26.7 Å². The van der Waals surface area contributed by atoms with E-state index in [1.807, 2.05) is 6.92 Å². The topological polar surface area (TPSA) is 131 Å². The van der Waals surface area contributed by atoms with Gasteiger partial charge in [0, 0.05) is 36.9 Å². The van der Waals surface area contributed by atoms with Gasteiger partial charge in [-0.1, -0.05) is 19.3 Å². The summed E-state index contributed by atoms with van der Waals surface area (Å²) in [7, 11) is 0. The lowest BCUT2D eigenvalue weighted by atomic mass is 9.95. The number of hydrogen-bond donors (Lipinski definition) is 3. The molecule has 2 aromatic rings. The van der Waals surface area contributed by atoms with Gasteiger partial charge >= 0.3 is 0 Å². The summed E-state index contributed by atoms with van der Waals surface area (Å²) in [6.45, 7) is 5.88. The van der Waals surface area contributed by atoms with Crippen LogP contribution in [0.4, 0.5) is 5.82 Å². The van der Waals surface area contributed by atoms with Crippen molar-refractivity contribution in [3.8, 4) is 16.5 Å². The van der Waals surface area contributed by atoms with Gasteiger partial charge in [0.05, 0.1) is 10.5 Å². The van der Waals surface area contributed by atoms with E-state index in [-0.39, 0.29) is 35.2 Å². The average molecular weight is 511 g/mol. The molecule has 2 fully saturated rings. The number of aliphatic hydroxyl groups is 1. The molecular formula is C26H34N6O3S. The molecule has 2 amide bonds. The summed E-state index contributed by atoms with van der Waals surface area (Å²) in [5.41, 5.74) is -0.0229. The molecule has 2 aromatic heterocycles. The molecule has 1 saturated heterocycles. The van der Waals surface area contributed by atoms with Gasteiger partial charge in [-0.2, -0.15) is 5.26 Å². The lowest BCUT2D eigenvalue weighted by Gasteiger charge is -2.24. The third-order valence-corrected chi connectivity index (χ3v) is 7.86. The SMILES string of the molecule is C[C@H]1CCCN1C(=O)c1nc(C(=O)NCC(C)(C)O)sc1-c1ccnc(NC2CCCCC2)c1C#N. The maximum atomic E-state index is 13.6. The maximum absolute atomic E-state index is 13.6. The van der Waals surface area contributed by atoms with Crippen molar-refractivity contribution in [2.45, 2.75) is 83.4 Å². The molecule has 0 spiro atoms. The van der Waals surface area contributed by atoms with Gasteiger partial charge < -0.3 is 20.6 Å². The molecule has 192 valence electrons. The number of likely N-dealkylation sites (tertiary alicyclic amines) is 1. The molecule has 36 heavy (non-hydrogen) atoms. The van der Waals surface area contributed by atoms with Gasteiger partial charge in [0.15, 0.2) is 5.01 Å². The number of thiazole rings is 1. The molecule has 1 aliphatic heterocycles. The molecule has 1 saturated carbocycles. The second-order valence-electron chi connectivity index (χ2n) is 10.4. The van der Waals surface area contributed by atoms with E-state index in [0.29, 0.717) is 28.4 Å². The Balaban J connectivity index is 1.74. The van der Waals surface area contributed by atoms with Gasteiger partial charge in [0.1, 0.15) is 23.1 Å². The lowest BCUT2D eigenvalue weighted by molar-refractivity contribution is 0.0692. The molecule has 9 nitrogen and oxygen atoms in total. The molecule has 10 heteroatoms. The summed E-state index contributed by atoms with van der Waals surface area (Å²) < 4.78 is 0. The Morgan fingerprint density at radius 3 is 2.64 bits per heavy atom. The standard InChI is InChI=1S/C26H34N6O3S/c1-16-8-7-13-32(16)25(34)20-21(36-24(31-20)23(33)29-15-26(2,3)35)18-11-12-28-22(19(18)14-27)30-17-9-5-4-6-10-17/h11-12,16-17,35H,4-10,13,15H2,1-3H3,(H,28,30)(H,29,33)/t16-/m0/s1. The van der Waals surface area contributed by atoms with Crippen molar-refractivity contribution < 1.29 is 14.7 Å². The summed E-state index contributed by atoms with van der Waals surface area (Å²) >= 11 is 1.08. The van der Waals surface area contributed by atoms with Crippen LogP contribution in [0.5, 0.6) is 0 Å². The first-order valence-corrected chi connectivity index (χ1v) is 13.5. The predicted molar refractivity (Wildman–Crippen MR) is 139 cm³/mol. The fourth-order valence-corrected chi connectivity index (χ4v) is 5.81. The number of pyridine rings is 1. The van der Waals surface area contributed by atoms with Crippen LogP contribution in [0.15, 0.2) is 12.3 Å². The van der Waals surface area contributed by atoms with Crippen LogP contribution in [0, 0.1) is 11.3 Å². The number of carbonyl (C=O) groups excluding carboxylic acids is 2. The highest BCUT2D eigenvalue weighted by Gasteiger charge is 2.32. The van der Waals surface area contributed by atoms with Crippen LogP contribution in [-0.2, 0) is 0 Å². The first-order valence-electron chi connectivity index (χ1n) is 12.7. The Bertz CT molecular complexity index is 1160. The lowest BCUT2D eigenvalue weighted by Crippen LogP contribution is -2.38. The van der Waals surface area contributed by atoms with E-state index < -0.39 is 11.5 Å². The van der Waals surface area contributed by atoms with Gasteiger partial charge in [-0.05, 0) is 52.5 Å². The molecule has 2 aliphatic rings. The summed E-state index contributed by atoms with van der Waals surface area (Å²) in [6, 6.07) is 4.32. The van der Waals surface area contributed by atoms with E-state index in [4.69, 9.17) is 0 Å². The van der Waals surface area contributed by atoms with Gasteiger partial charge in [-0.15, -0.1) is 11.3 Å². The van der Waals surface area contributed by atoms with Crippen LogP contribution in [0.2, 0.25) is 0 Å². The zero-order valence-electron chi connectivity index (χ0n) is 21.1. The number of nitrogens with one attached hydrogen (secondary N) is 2. The highest BCUT2D eigenvalue weighted by molar-refractivity contribution is 7.17. The summed E-state index contributed by atoms with van der Waals surface area (Å²) in [4.78, 5) is 37.7. The first-order chi connectivity index (χ1) is 17.2. The average Bonchev–Trinajstić information content (AvgIpc) is 3.49. The number of nitriles is 1. The Kier molecular flexibility index (Phi) is 7.91. The normalized spacial score (nSPS) is 18.6. The molecule has 3 heterocycles. The zero-order chi connectivity index (χ0) is 25.9. The number of amides is 2. The third kappa shape index (κ3) is 5.85. The number of nitrogens with zero attached hydrogens (tertiary/aromatic N) is 4. The monoisotopic (exact) mass is 510 g/mol. The zero-order valence-corrected chi connectivity index (χ0v) is 22.0. The minimum absolute atomic E-state index is 0.0430. The minimum Gasteiger partial charge on any atom is -0.389 e. The molecule has 3 N–H and O–H groups in total. The van der Waals surface area contributed by atoms with E-state index in [0.717, 1.165) is 49.9 Å². The second-order valence-corrected chi connectivity index (χ2v) is 11.4. The fourth-order valence-electron chi connectivity index (χ4n) is 4.80. The first kappa shape index (κ1) is 26.0. The summed E-state index contributed by atoms with van der Waals surface area (Å²) in [5.74, 6) is -0.212. The van der Waals surface area contributed by atoms with E-state index in [1.54, 1.807) is 31.0 Å². The smallest absolute Gasteiger partial charge is 0.280 e. The number of rotatable bonds is 7. The van der Waals surface area contributed by atoms with Crippen LogP contribution in [0.25, 0.3) is 10.4 Å². The highest BCUT2D eigenvalue weighted by Crippen LogP contribution is 2.37. The highest BCUT2D eigenvalue weighted by atomic mass is 32.1. The van der Waals surface area contributed by atoms with Crippen LogP contribution < -0.4 is 10.6 Å². The minimum atomic E-state index is -1.09. The van der Waals surface area contributed by atoms with Gasteiger partial charge in [0.25, 0.3) is 11.8 Å². The van der Waals surface area contributed by atoms with Crippen LogP contribution in [0.3, 0.4) is 0 Å². The van der Waals surface area contributed by atoms with Crippen LogP contribution in [0.1, 0.15) is 91.6 Å². The predicted octanol–water partition coefficient (Wildman–Crippen LogP) is 3.95. The maximum Gasteiger partial charge on any atom is 0.280 e. The van der Waals surface area contributed by atoms with E-state index in [9.17, 15) is 20.0 Å². The van der Waals surface area contributed by atoms with Crippen LogP contribution >= 0.6 is 11.3 Å². The van der Waals surface area contributed by atoms with Crippen molar-refractivity contribution >= 4 is 29.0 Å². The summed E-state index contributed by atoms with van der Waals surface area (Å²) in [6.07, 6.45) is 9.02. The molecule has 0 radical (unpaired) electrons. The Morgan fingerprint density at radius 2 is 2.00 bits per heavy atom. The number of anilines is 1. The van der Waals surface area contributed by atoms with Crippen molar-refractivity contribution in [2.24, 2.45) is 0 Å². The molecule has 0 unspecified atom stereocenters. The third-order valence-electron chi connectivity index (χ3n) is 6.77. The van der Waals surface area contributed by atoms with Crippen molar-refractivity contribution in [3.05, 3.63) is 28.5 Å².